The molecule has 0 aliphatic heterocycles. The average molecular weight is 324 g/mol. The van der Waals surface area contributed by atoms with Gasteiger partial charge in [0.05, 0.1) is 24.9 Å². The molecular weight excluding hydrogens is 304 g/mol. The molecule has 0 saturated heterocycles. The molecule has 0 aliphatic rings. The van der Waals surface area contributed by atoms with Crippen molar-refractivity contribution < 1.29 is 9.53 Å². The second-order valence-electron chi connectivity index (χ2n) is 5.56. The van der Waals surface area contributed by atoms with Crippen LogP contribution in [-0.4, -0.2) is 28.0 Å². The molecule has 6 nitrogen and oxygen atoms in total. The Kier molecular flexibility index (Phi) is 4.74. The monoisotopic (exact) mass is 324 g/mol. The van der Waals surface area contributed by atoms with Crippen LogP contribution in [0.25, 0.3) is 10.9 Å². The molecule has 124 valence electrons. The number of benzene rings is 1. The second-order valence-corrected chi connectivity index (χ2v) is 5.56. The first-order valence-corrected chi connectivity index (χ1v) is 7.94. The Labute approximate surface area is 140 Å². The Balaban J connectivity index is 1.72. The van der Waals surface area contributed by atoms with Crippen LogP contribution in [0.2, 0.25) is 0 Å². The Morgan fingerprint density at radius 3 is 3.00 bits per heavy atom. The summed E-state index contributed by atoms with van der Waals surface area (Å²) in [5, 5.41) is 3.97. The molecule has 2 heterocycles. The lowest BCUT2D eigenvalue weighted by molar-refractivity contribution is 0.0948. The number of fused-ring (bicyclic) bond motifs is 1. The smallest absolute Gasteiger partial charge is 0.255 e. The summed E-state index contributed by atoms with van der Waals surface area (Å²) in [5.41, 5.74) is 3.26. The van der Waals surface area contributed by atoms with Crippen molar-refractivity contribution >= 4 is 16.8 Å². The lowest BCUT2D eigenvalue weighted by atomic mass is 10.1. The van der Waals surface area contributed by atoms with Crippen molar-refractivity contribution in [3.63, 3.8) is 0 Å². The summed E-state index contributed by atoms with van der Waals surface area (Å²) < 4.78 is 5.23. The van der Waals surface area contributed by atoms with Crippen molar-refractivity contribution in [2.24, 2.45) is 0 Å². The molecule has 0 bridgehead atoms. The van der Waals surface area contributed by atoms with Gasteiger partial charge in [-0.25, -0.2) is 9.97 Å². The van der Waals surface area contributed by atoms with E-state index in [1.165, 1.54) is 6.33 Å². The highest BCUT2D eigenvalue weighted by Crippen LogP contribution is 2.21. The SMILES string of the molecule is CCCc1ncncc1C(=O)NCc1cc2cc(OC)ccc2[nH]1. The molecule has 0 fully saturated rings. The van der Waals surface area contributed by atoms with Crippen molar-refractivity contribution in [1.82, 2.24) is 20.3 Å². The van der Waals surface area contributed by atoms with Gasteiger partial charge in [-0.3, -0.25) is 4.79 Å². The molecule has 0 unspecified atom stereocenters. The van der Waals surface area contributed by atoms with Gasteiger partial charge in [0, 0.05) is 22.8 Å². The highest BCUT2D eigenvalue weighted by atomic mass is 16.5. The first-order chi connectivity index (χ1) is 11.7. The zero-order chi connectivity index (χ0) is 16.9. The number of hydrogen-bond donors (Lipinski definition) is 2. The predicted octanol–water partition coefficient (Wildman–Crippen LogP) is 2.85. The molecule has 1 aromatic carbocycles. The molecule has 1 amide bonds. The zero-order valence-electron chi connectivity index (χ0n) is 13.8. The van der Waals surface area contributed by atoms with Crippen molar-refractivity contribution in [1.29, 1.82) is 0 Å². The van der Waals surface area contributed by atoms with Crippen LogP contribution in [0.4, 0.5) is 0 Å². The van der Waals surface area contributed by atoms with Gasteiger partial charge in [0.1, 0.15) is 12.1 Å². The van der Waals surface area contributed by atoms with Gasteiger partial charge in [0.15, 0.2) is 0 Å². The first-order valence-electron chi connectivity index (χ1n) is 7.94. The molecule has 2 N–H and O–H groups in total. The zero-order valence-corrected chi connectivity index (χ0v) is 13.8. The third-order valence-corrected chi connectivity index (χ3v) is 3.85. The second kappa shape index (κ2) is 7.12. The van der Waals surface area contributed by atoms with Crippen molar-refractivity contribution in [3.05, 3.63) is 53.7 Å². The molecule has 0 aliphatic carbocycles. The van der Waals surface area contributed by atoms with Gasteiger partial charge < -0.3 is 15.0 Å². The average Bonchev–Trinajstić information content (AvgIpc) is 3.02. The molecule has 24 heavy (non-hydrogen) atoms. The Morgan fingerprint density at radius 2 is 2.21 bits per heavy atom. The van der Waals surface area contributed by atoms with E-state index in [1.54, 1.807) is 13.3 Å². The van der Waals surface area contributed by atoms with E-state index in [0.29, 0.717) is 12.1 Å². The van der Waals surface area contributed by atoms with E-state index in [-0.39, 0.29) is 5.91 Å². The largest absolute Gasteiger partial charge is 0.497 e. The Hall–Kier alpha value is -2.89. The highest BCUT2D eigenvalue weighted by Gasteiger charge is 2.12. The van der Waals surface area contributed by atoms with Crippen molar-refractivity contribution in [2.75, 3.05) is 7.11 Å². The fraction of sp³-hybridized carbons (Fsp3) is 0.278. The Bertz CT molecular complexity index is 857. The molecule has 2 aromatic heterocycles. The molecular formula is C18H20N4O2. The summed E-state index contributed by atoms with van der Waals surface area (Å²) in [6.07, 6.45) is 4.74. The number of aromatic nitrogens is 3. The number of H-pyrrole nitrogens is 1. The summed E-state index contributed by atoms with van der Waals surface area (Å²) in [5.74, 6) is 0.651. The van der Waals surface area contributed by atoms with E-state index in [4.69, 9.17) is 4.74 Å². The summed E-state index contributed by atoms with van der Waals surface area (Å²) >= 11 is 0. The van der Waals surface area contributed by atoms with E-state index in [9.17, 15) is 4.79 Å². The molecule has 0 saturated carbocycles. The van der Waals surface area contributed by atoms with Crippen LogP contribution in [0.3, 0.4) is 0 Å². The van der Waals surface area contributed by atoms with E-state index in [0.717, 1.165) is 40.9 Å². The number of hydrogen-bond acceptors (Lipinski definition) is 4. The number of aromatic amines is 1. The van der Waals surface area contributed by atoms with Gasteiger partial charge in [-0.1, -0.05) is 13.3 Å². The number of aryl methyl sites for hydroxylation is 1. The van der Waals surface area contributed by atoms with Gasteiger partial charge in [-0.2, -0.15) is 0 Å². The maximum Gasteiger partial charge on any atom is 0.255 e. The predicted molar refractivity (Wildman–Crippen MR) is 92.0 cm³/mol. The third kappa shape index (κ3) is 3.37. The van der Waals surface area contributed by atoms with Gasteiger partial charge in [-0.15, -0.1) is 0 Å². The third-order valence-electron chi connectivity index (χ3n) is 3.85. The normalized spacial score (nSPS) is 10.8. The maximum atomic E-state index is 12.4. The van der Waals surface area contributed by atoms with E-state index in [2.05, 4.69) is 27.2 Å². The number of rotatable bonds is 6. The van der Waals surface area contributed by atoms with Crippen LogP contribution in [0, 0.1) is 0 Å². The van der Waals surface area contributed by atoms with Crippen LogP contribution < -0.4 is 10.1 Å². The minimum absolute atomic E-state index is 0.157. The van der Waals surface area contributed by atoms with Crippen LogP contribution in [0.15, 0.2) is 36.8 Å². The number of amides is 1. The lowest BCUT2D eigenvalue weighted by Crippen LogP contribution is -2.24. The fourth-order valence-electron chi connectivity index (χ4n) is 2.64. The summed E-state index contributed by atoms with van der Waals surface area (Å²) in [7, 11) is 1.64. The van der Waals surface area contributed by atoms with Crippen LogP contribution >= 0.6 is 0 Å². The van der Waals surface area contributed by atoms with Crippen molar-refractivity contribution in [2.45, 2.75) is 26.3 Å². The fourth-order valence-corrected chi connectivity index (χ4v) is 2.64. The van der Waals surface area contributed by atoms with Gasteiger partial charge >= 0.3 is 0 Å². The number of carbonyl (C=O) groups is 1. The van der Waals surface area contributed by atoms with Gasteiger partial charge in [0.25, 0.3) is 5.91 Å². The highest BCUT2D eigenvalue weighted by molar-refractivity contribution is 5.95. The van der Waals surface area contributed by atoms with Crippen molar-refractivity contribution in [3.8, 4) is 5.75 Å². The number of carbonyl (C=O) groups excluding carboxylic acids is 1. The molecule has 3 rings (SSSR count). The maximum absolute atomic E-state index is 12.4. The summed E-state index contributed by atoms with van der Waals surface area (Å²) in [4.78, 5) is 23.9. The van der Waals surface area contributed by atoms with E-state index in [1.807, 2.05) is 24.3 Å². The van der Waals surface area contributed by atoms with E-state index >= 15 is 0 Å². The van der Waals surface area contributed by atoms with Crippen LogP contribution in [-0.2, 0) is 13.0 Å². The van der Waals surface area contributed by atoms with Gasteiger partial charge in [-0.05, 0) is 30.7 Å². The molecule has 0 spiro atoms. The molecule has 3 aromatic rings. The molecule has 0 radical (unpaired) electrons. The minimum atomic E-state index is -0.157. The van der Waals surface area contributed by atoms with Crippen LogP contribution in [0.5, 0.6) is 5.75 Å². The number of nitrogens with zero attached hydrogens (tertiary/aromatic N) is 2. The summed E-state index contributed by atoms with van der Waals surface area (Å²) in [6, 6.07) is 7.83. The van der Waals surface area contributed by atoms with Gasteiger partial charge in [0.2, 0.25) is 0 Å². The summed E-state index contributed by atoms with van der Waals surface area (Å²) in [6.45, 7) is 2.47. The standard InChI is InChI=1S/C18H20N4O2/c1-3-4-17-15(10-19-11-21-17)18(23)20-9-13-7-12-8-14(24-2)5-6-16(12)22-13/h5-8,10-11,22H,3-4,9H2,1-2H3,(H,20,23). The Morgan fingerprint density at radius 1 is 1.33 bits per heavy atom. The number of nitrogens with one attached hydrogen (secondary N) is 2. The number of ether oxygens (including phenoxy) is 1. The van der Waals surface area contributed by atoms with E-state index < -0.39 is 0 Å². The minimum Gasteiger partial charge on any atom is -0.497 e. The first kappa shape index (κ1) is 16.0. The topological polar surface area (TPSA) is 79.9 Å². The lowest BCUT2D eigenvalue weighted by Gasteiger charge is -2.07. The molecule has 6 heteroatoms. The quantitative estimate of drug-likeness (QED) is 0.730. The molecule has 0 atom stereocenters. The number of methoxy groups -OCH3 is 1. The van der Waals surface area contributed by atoms with Crippen LogP contribution in [0.1, 0.15) is 35.1 Å².